The molecule has 1 aromatic heterocycles. The summed E-state index contributed by atoms with van der Waals surface area (Å²) >= 11 is 7.46. The second kappa shape index (κ2) is 10.2. The van der Waals surface area contributed by atoms with Crippen LogP contribution in [0.4, 0.5) is 8.78 Å². The van der Waals surface area contributed by atoms with Gasteiger partial charge in [-0.2, -0.15) is 0 Å². The maximum atomic E-state index is 13.3. The van der Waals surface area contributed by atoms with Gasteiger partial charge in [-0.05, 0) is 38.1 Å². The normalized spacial score (nSPS) is 12.9. The summed E-state index contributed by atoms with van der Waals surface area (Å²) in [6, 6.07) is 5.19. The van der Waals surface area contributed by atoms with E-state index in [2.05, 4.69) is 0 Å². The van der Waals surface area contributed by atoms with Crippen molar-refractivity contribution in [3.05, 3.63) is 69.3 Å². The van der Waals surface area contributed by atoms with Crippen molar-refractivity contribution in [1.29, 1.82) is 0 Å². The van der Waals surface area contributed by atoms with Gasteiger partial charge < -0.3 is 15.2 Å². The Balaban J connectivity index is 2.35. The van der Waals surface area contributed by atoms with Gasteiger partial charge in [-0.25, -0.2) is 13.6 Å². The summed E-state index contributed by atoms with van der Waals surface area (Å²) < 4.78 is 37.8. The fourth-order valence-corrected chi connectivity index (χ4v) is 3.94. The van der Waals surface area contributed by atoms with E-state index in [0.29, 0.717) is 16.0 Å². The lowest BCUT2D eigenvalue weighted by Crippen LogP contribution is -2.13. The molecule has 0 saturated heterocycles. The van der Waals surface area contributed by atoms with Crippen LogP contribution in [-0.4, -0.2) is 18.5 Å². The van der Waals surface area contributed by atoms with Crippen LogP contribution in [0.15, 0.2) is 53.8 Å². The number of thiophene rings is 1. The Morgan fingerprint density at radius 1 is 1.28 bits per heavy atom. The third-order valence-corrected chi connectivity index (χ3v) is 5.26. The Kier molecular flexibility index (Phi) is 7.92. The molecule has 0 saturated carbocycles. The van der Waals surface area contributed by atoms with Crippen LogP contribution in [0.1, 0.15) is 29.1 Å². The maximum Gasteiger partial charge on any atom is 0.348 e. The van der Waals surface area contributed by atoms with E-state index in [1.54, 1.807) is 25.1 Å². The zero-order valence-electron chi connectivity index (χ0n) is 15.6. The molecule has 2 aromatic rings. The van der Waals surface area contributed by atoms with E-state index in [0.717, 1.165) is 23.8 Å². The van der Waals surface area contributed by atoms with Gasteiger partial charge in [0, 0.05) is 20.7 Å². The van der Waals surface area contributed by atoms with Crippen LogP contribution in [0.25, 0.3) is 10.1 Å². The predicted octanol–water partition coefficient (Wildman–Crippen LogP) is 5.34. The molecule has 0 atom stereocenters. The lowest BCUT2D eigenvalue weighted by molar-refractivity contribution is -0.114. The summed E-state index contributed by atoms with van der Waals surface area (Å²) in [5.74, 6) is -2.66. The zero-order valence-corrected chi connectivity index (χ0v) is 17.2. The van der Waals surface area contributed by atoms with Crippen molar-refractivity contribution in [3.8, 4) is 0 Å². The first-order valence-corrected chi connectivity index (χ1v) is 9.64. The fourth-order valence-electron chi connectivity index (χ4n) is 2.47. The molecule has 1 heterocycles. The van der Waals surface area contributed by atoms with Crippen molar-refractivity contribution in [2.45, 2.75) is 20.5 Å². The largest absolute Gasteiger partial charge is 0.486 e. The van der Waals surface area contributed by atoms with Gasteiger partial charge in [-0.3, -0.25) is 4.79 Å². The fraction of sp³-hybridized carbons (Fsp3) is 0.200. The van der Waals surface area contributed by atoms with Crippen LogP contribution < -0.4 is 5.73 Å². The Morgan fingerprint density at radius 3 is 2.59 bits per heavy atom. The summed E-state index contributed by atoms with van der Waals surface area (Å²) in [4.78, 5) is 23.8. The van der Waals surface area contributed by atoms with E-state index in [4.69, 9.17) is 26.8 Å². The number of carbonyl (C=O) groups is 2. The smallest absolute Gasteiger partial charge is 0.348 e. The minimum absolute atomic E-state index is 0.142. The molecule has 1 amide bonds. The van der Waals surface area contributed by atoms with Crippen LogP contribution in [0, 0.1) is 0 Å². The lowest BCUT2D eigenvalue weighted by atomic mass is 10.1. The van der Waals surface area contributed by atoms with Gasteiger partial charge in [0.1, 0.15) is 29.4 Å². The van der Waals surface area contributed by atoms with Gasteiger partial charge in [-0.15, -0.1) is 11.3 Å². The number of allylic oxidation sites excluding steroid dienone is 2. The highest BCUT2D eigenvalue weighted by molar-refractivity contribution is 7.21. The number of halogens is 3. The lowest BCUT2D eigenvalue weighted by Gasteiger charge is -2.08. The monoisotopic (exact) mass is 441 g/mol. The molecule has 2 N–H and O–H groups in total. The number of nitrogens with two attached hydrogens (primary N) is 1. The molecule has 5 nitrogen and oxygen atoms in total. The number of fused-ring (bicyclic) bond motifs is 1. The highest BCUT2D eigenvalue weighted by Crippen LogP contribution is 2.37. The number of benzene rings is 1. The van der Waals surface area contributed by atoms with Crippen molar-refractivity contribution in [2.75, 3.05) is 6.61 Å². The Hall–Kier alpha value is -2.71. The zero-order chi connectivity index (χ0) is 21.6. The van der Waals surface area contributed by atoms with Crippen molar-refractivity contribution in [1.82, 2.24) is 0 Å². The number of hydrogen-bond donors (Lipinski definition) is 1. The quantitative estimate of drug-likeness (QED) is 0.259. The van der Waals surface area contributed by atoms with Crippen molar-refractivity contribution < 1.29 is 27.8 Å². The molecule has 0 aliphatic carbocycles. The van der Waals surface area contributed by atoms with Crippen molar-refractivity contribution in [3.63, 3.8) is 0 Å². The molecule has 2 rings (SSSR count). The van der Waals surface area contributed by atoms with Gasteiger partial charge in [0.2, 0.25) is 0 Å². The molecule has 0 radical (unpaired) electrons. The van der Waals surface area contributed by atoms with Crippen LogP contribution >= 0.6 is 22.9 Å². The van der Waals surface area contributed by atoms with E-state index >= 15 is 0 Å². The topological polar surface area (TPSA) is 78.6 Å². The van der Waals surface area contributed by atoms with Crippen LogP contribution in [0.5, 0.6) is 0 Å². The minimum atomic E-state index is -1.00. The van der Waals surface area contributed by atoms with E-state index < -0.39 is 23.3 Å². The van der Waals surface area contributed by atoms with Crippen molar-refractivity contribution in [2.24, 2.45) is 5.73 Å². The number of rotatable bonds is 8. The first-order valence-electron chi connectivity index (χ1n) is 8.44. The number of esters is 1. The molecule has 154 valence electrons. The molecule has 9 heteroatoms. The molecule has 1 aromatic carbocycles. The Labute approximate surface area is 175 Å². The van der Waals surface area contributed by atoms with Crippen LogP contribution in [-0.2, 0) is 20.9 Å². The first-order chi connectivity index (χ1) is 13.8. The highest BCUT2D eigenvalue weighted by atomic mass is 35.5. The Morgan fingerprint density at radius 2 is 2.00 bits per heavy atom. The van der Waals surface area contributed by atoms with Crippen molar-refractivity contribution >= 4 is 44.9 Å². The Bertz CT molecular complexity index is 1020. The van der Waals surface area contributed by atoms with E-state index in [-0.39, 0.29) is 30.2 Å². The number of carbonyl (C=O) groups excluding carboxylic acids is 2. The maximum absolute atomic E-state index is 13.3. The average molecular weight is 442 g/mol. The van der Waals surface area contributed by atoms with E-state index in [1.807, 2.05) is 0 Å². The van der Waals surface area contributed by atoms with Gasteiger partial charge in [0.15, 0.2) is 0 Å². The molecular weight excluding hydrogens is 424 g/mol. The van der Waals surface area contributed by atoms with Crippen LogP contribution in [0.2, 0.25) is 5.02 Å². The SMILES string of the molecule is CCOC(=O)c1sc2cccc(Cl)c2c1COC(/C=C\C(C(N)=O)=C(/C)F)=C\F. The van der Waals surface area contributed by atoms with Gasteiger partial charge in [0.05, 0.1) is 12.2 Å². The average Bonchev–Trinajstić information content (AvgIpc) is 3.04. The van der Waals surface area contributed by atoms with Gasteiger partial charge in [-0.1, -0.05) is 17.7 Å². The van der Waals surface area contributed by atoms with Crippen LogP contribution in [0.3, 0.4) is 0 Å². The summed E-state index contributed by atoms with van der Waals surface area (Å²) in [5.41, 5.74) is 5.10. The standard InChI is InChI=1S/C20H18ClF2NO4S/c1-3-27-20(26)18-14(17-15(21)5-4-6-16(17)29-18)10-28-12(9-22)7-8-13(11(2)23)19(24)25/h4-9H,3,10H2,1-2H3,(H2,24,25)/b8-7-,12-9-,13-11-. The summed E-state index contributed by atoms with van der Waals surface area (Å²) in [7, 11) is 0. The van der Waals surface area contributed by atoms with Gasteiger partial charge >= 0.3 is 5.97 Å². The molecule has 29 heavy (non-hydrogen) atoms. The van der Waals surface area contributed by atoms with E-state index in [9.17, 15) is 18.4 Å². The molecule has 0 aliphatic heterocycles. The third kappa shape index (κ3) is 5.42. The van der Waals surface area contributed by atoms with E-state index in [1.165, 1.54) is 11.3 Å². The molecular formula is C20H18ClF2NO4S. The first kappa shape index (κ1) is 22.6. The number of ether oxygens (including phenoxy) is 2. The predicted molar refractivity (Wildman–Crippen MR) is 109 cm³/mol. The molecule has 0 aliphatic rings. The second-order valence-corrected chi connectivity index (χ2v) is 7.15. The number of primary amides is 1. The summed E-state index contributed by atoms with van der Waals surface area (Å²) in [5, 5.41) is 1.00. The van der Waals surface area contributed by atoms with Gasteiger partial charge in [0.25, 0.3) is 5.91 Å². The molecule has 0 fully saturated rings. The number of amides is 1. The molecule has 0 unspecified atom stereocenters. The molecule has 0 spiro atoms. The minimum Gasteiger partial charge on any atom is -0.486 e. The highest BCUT2D eigenvalue weighted by Gasteiger charge is 2.21. The molecule has 0 bridgehead atoms. The number of hydrogen-bond acceptors (Lipinski definition) is 5. The third-order valence-electron chi connectivity index (χ3n) is 3.77. The second-order valence-electron chi connectivity index (χ2n) is 5.69. The summed E-state index contributed by atoms with van der Waals surface area (Å²) in [6.07, 6.45) is 2.21. The summed E-state index contributed by atoms with van der Waals surface area (Å²) in [6.45, 7) is 2.71.